The van der Waals surface area contributed by atoms with E-state index in [0.717, 1.165) is 5.56 Å². The first-order chi connectivity index (χ1) is 13.2. The molecule has 0 fully saturated rings. The maximum atomic E-state index is 12.8. The molecule has 0 spiro atoms. The van der Waals surface area contributed by atoms with Gasteiger partial charge in [0.05, 0.1) is 23.7 Å². The van der Waals surface area contributed by atoms with E-state index in [4.69, 9.17) is 16.0 Å². The third-order valence-electron chi connectivity index (χ3n) is 4.32. The summed E-state index contributed by atoms with van der Waals surface area (Å²) in [5, 5.41) is 5.62. The third-order valence-corrected chi connectivity index (χ3v) is 4.57. The van der Waals surface area contributed by atoms with Crippen LogP contribution >= 0.6 is 11.6 Å². The van der Waals surface area contributed by atoms with E-state index in [2.05, 4.69) is 15.1 Å². The summed E-state index contributed by atoms with van der Waals surface area (Å²) in [6.07, 6.45) is 4.84. The number of pyridine rings is 1. The Morgan fingerprint density at radius 3 is 2.74 bits per heavy atom. The predicted octanol–water partition coefficient (Wildman–Crippen LogP) is 3.40. The van der Waals surface area contributed by atoms with Crippen molar-refractivity contribution in [2.45, 2.75) is 6.54 Å². The highest BCUT2D eigenvalue weighted by atomic mass is 35.5. The number of hydrogen-bond acceptors (Lipinski definition) is 5. The van der Waals surface area contributed by atoms with E-state index in [1.165, 1.54) is 6.20 Å². The van der Waals surface area contributed by atoms with Gasteiger partial charge in [0.15, 0.2) is 5.82 Å². The molecule has 0 bridgehead atoms. The first-order valence-electron chi connectivity index (χ1n) is 8.22. The molecule has 27 heavy (non-hydrogen) atoms. The number of halogens is 1. The third kappa shape index (κ3) is 2.69. The van der Waals surface area contributed by atoms with Crippen LogP contribution in [0, 0.1) is 0 Å². The first-order valence-corrected chi connectivity index (χ1v) is 8.60. The van der Waals surface area contributed by atoms with Crippen LogP contribution in [0.3, 0.4) is 0 Å². The molecule has 0 aliphatic heterocycles. The summed E-state index contributed by atoms with van der Waals surface area (Å²) in [4.78, 5) is 21.6. The van der Waals surface area contributed by atoms with E-state index in [1.54, 1.807) is 39.7 Å². The molecule has 132 valence electrons. The number of rotatable bonds is 3. The van der Waals surface area contributed by atoms with Crippen molar-refractivity contribution in [2.24, 2.45) is 0 Å². The number of fused-ring (bicyclic) bond motifs is 3. The van der Waals surface area contributed by atoms with E-state index >= 15 is 0 Å². The molecule has 0 atom stereocenters. The molecule has 4 heterocycles. The Labute approximate surface area is 157 Å². The molecule has 7 nitrogen and oxygen atoms in total. The molecular formula is C19H12ClN5O2. The van der Waals surface area contributed by atoms with Crippen molar-refractivity contribution in [1.29, 1.82) is 0 Å². The van der Waals surface area contributed by atoms with Gasteiger partial charge in [-0.25, -0.2) is 4.98 Å². The minimum Gasteiger partial charge on any atom is -0.467 e. The molecule has 5 aromatic rings. The molecule has 0 unspecified atom stereocenters. The van der Waals surface area contributed by atoms with Gasteiger partial charge in [-0.15, -0.1) is 5.10 Å². The Morgan fingerprint density at radius 2 is 1.96 bits per heavy atom. The van der Waals surface area contributed by atoms with Crippen LogP contribution in [0.2, 0.25) is 5.02 Å². The largest absolute Gasteiger partial charge is 0.467 e. The lowest BCUT2D eigenvalue weighted by Crippen LogP contribution is -2.20. The minimum atomic E-state index is -0.165. The Bertz CT molecular complexity index is 1320. The number of aromatic nitrogens is 5. The standard InChI is InChI=1S/C19H12ClN5O2/c20-13-5-3-12(4-6-13)17-22-19-21-10-15-16(25(19)23-17)7-8-24(18(15)26)11-14-2-1-9-27-14/h1-10H,11H2. The zero-order valence-corrected chi connectivity index (χ0v) is 14.7. The SMILES string of the molecule is O=c1c2cnc3nc(-c4ccc(Cl)cc4)nn3c2ccn1Cc1ccco1. The maximum absolute atomic E-state index is 12.8. The molecule has 0 aliphatic carbocycles. The monoisotopic (exact) mass is 377 g/mol. The Kier molecular flexibility index (Phi) is 3.54. The lowest BCUT2D eigenvalue weighted by molar-refractivity contribution is 0.490. The van der Waals surface area contributed by atoms with Gasteiger partial charge in [0.1, 0.15) is 5.76 Å². The average Bonchev–Trinajstić information content (AvgIpc) is 3.34. The van der Waals surface area contributed by atoms with Crippen LogP contribution in [0.5, 0.6) is 0 Å². The van der Waals surface area contributed by atoms with Crippen LogP contribution in [0.1, 0.15) is 5.76 Å². The molecule has 0 aliphatic rings. The fraction of sp³-hybridized carbons (Fsp3) is 0.0526. The van der Waals surface area contributed by atoms with E-state index in [9.17, 15) is 4.79 Å². The fourth-order valence-corrected chi connectivity index (χ4v) is 3.10. The second-order valence-corrected chi connectivity index (χ2v) is 6.48. The van der Waals surface area contributed by atoms with Gasteiger partial charge in [0.2, 0.25) is 0 Å². The minimum absolute atomic E-state index is 0.165. The van der Waals surface area contributed by atoms with E-state index in [-0.39, 0.29) is 5.56 Å². The van der Waals surface area contributed by atoms with Gasteiger partial charge >= 0.3 is 0 Å². The number of nitrogens with zero attached hydrogens (tertiary/aromatic N) is 5. The maximum Gasteiger partial charge on any atom is 0.261 e. The predicted molar refractivity (Wildman–Crippen MR) is 101 cm³/mol. The van der Waals surface area contributed by atoms with Gasteiger partial charge < -0.3 is 8.98 Å². The van der Waals surface area contributed by atoms with Crippen LogP contribution in [-0.4, -0.2) is 24.1 Å². The molecule has 0 amide bonds. The number of hydrogen-bond donors (Lipinski definition) is 0. The average molecular weight is 378 g/mol. The summed E-state index contributed by atoms with van der Waals surface area (Å²) in [6.45, 7) is 0.354. The van der Waals surface area contributed by atoms with Crippen molar-refractivity contribution in [2.75, 3.05) is 0 Å². The smallest absolute Gasteiger partial charge is 0.261 e. The lowest BCUT2D eigenvalue weighted by atomic mass is 10.2. The molecule has 0 saturated carbocycles. The van der Waals surface area contributed by atoms with Gasteiger partial charge in [-0.2, -0.15) is 9.50 Å². The van der Waals surface area contributed by atoms with Gasteiger partial charge in [-0.05, 0) is 42.5 Å². The molecule has 0 saturated heterocycles. The van der Waals surface area contributed by atoms with Crippen LogP contribution in [0.4, 0.5) is 0 Å². The quantitative estimate of drug-likeness (QED) is 0.481. The Balaban J connectivity index is 1.65. The van der Waals surface area contributed by atoms with Crippen LogP contribution < -0.4 is 5.56 Å². The van der Waals surface area contributed by atoms with Gasteiger partial charge in [0, 0.05) is 23.0 Å². The van der Waals surface area contributed by atoms with Crippen molar-refractivity contribution in [1.82, 2.24) is 24.1 Å². The molecule has 8 heteroatoms. The van der Waals surface area contributed by atoms with E-state index < -0.39 is 0 Å². The fourth-order valence-electron chi connectivity index (χ4n) is 2.98. The van der Waals surface area contributed by atoms with Crippen molar-refractivity contribution in [3.63, 3.8) is 0 Å². The normalized spacial score (nSPS) is 11.4. The second kappa shape index (κ2) is 6.07. The summed E-state index contributed by atoms with van der Waals surface area (Å²) in [5.74, 6) is 1.65. The van der Waals surface area contributed by atoms with Crippen molar-refractivity contribution >= 4 is 28.3 Å². The summed E-state index contributed by atoms with van der Waals surface area (Å²) >= 11 is 5.94. The Morgan fingerprint density at radius 1 is 1.11 bits per heavy atom. The summed E-state index contributed by atoms with van der Waals surface area (Å²) in [7, 11) is 0. The molecule has 0 N–H and O–H groups in total. The highest BCUT2D eigenvalue weighted by Crippen LogP contribution is 2.20. The van der Waals surface area contributed by atoms with Gasteiger partial charge in [-0.1, -0.05) is 11.6 Å². The van der Waals surface area contributed by atoms with Crippen LogP contribution in [0.15, 0.2) is 70.3 Å². The summed E-state index contributed by atoms with van der Waals surface area (Å²) in [5.41, 5.74) is 1.31. The molecule has 1 aromatic carbocycles. The van der Waals surface area contributed by atoms with Crippen LogP contribution in [-0.2, 0) is 6.54 Å². The summed E-state index contributed by atoms with van der Waals surface area (Å²) < 4.78 is 8.48. The topological polar surface area (TPSA) is 78.2 Å². The van der Waals surface area contributed by atoms with Crippen LogP contribution in [0.25, 0.3) is 28.1 Å². The van der Waals surface area contributed by atoms with Crippen molar-refractivity contribution in [3.8, 4) is 11.4 Å². The number of benzene rings is 1. The zero-order chi connectivity index (χ0) is 18.4. The van der Waals surface area contributed by atoms with Crippen molar-refractivity contribution < 1.29 is 4.42 Å². The molecule has 0 radical (unpaired) electrons. The van der Waals surface area contributed by atoms with E-state index in [1.807, 2.05) is 24.3 Å². The highest BCUT2D eigenvalue weighted by molar-refractivity contribution is 6.30. The van der Waals surface area contributed by atoms with Gasteiger partial charge in [-0.3, -0.25) is 4.79 Å². The first kappa shape index (κ1) is 15.8. The molecular weight excluding hydrogens is 366 g/mol. The van der Waals surface area contributed by atoms with Crippen molar-refractivity contribution in [3.05, 3.63) is 82.3 Å². The summed E-state index contributed by atoms with van der Waals surface area (Å²) in [6, 6.07) is 12.7. The molecule has 4 aromatic heterocycles. The Hall–Kier alpha value is -3.45. The number of furan rings is 1. The zero-order valence-electron chi connectivity index (χ0n) is 13.9. The van der Waals surface area contributed by atoms with E-state index in [0.29, 0.717) is 39.8 Å². The highest BCUT2D eigenvalue weighted by Gasteiger charge is 2.13. The van der Waals surface area contributed by atoms with Gasteiger partial charge in [0.25, 0.3) is 11.3 Å². The lowest BCUT2D eigenvalue weighted by Gasteiger charge is -2.05. The second-order valence-electron chi connectivity index (χ2n) is 6.04. The molecule has 5 rings (SSSR count).